The average molecular weight is 293 g/mol. The molecule has 1 aromatic heterocycles. The minimum absolute atomic E-state index is 0.0528. The van der Waals surface area contributed by atoms with Crippen LogP contribution in [0.25, 0.3) is 5.69 Å². The van der Waals surface area contributed by atoms with Crippen molar-refractivity contribution in [3.05, 3.63) is 41.9 Å². The fourth-order valence-corrected chi connectivity index (χ4v) is 2.20. The van der Waals surface area contributed by atoms with Crippen LogP contribution in [0.3, 0.4) is 0 Å². The molecule has 1 atom stereocenters. The number of anilines is 1. The fourth-order valence-electron chi connectivity index (χ4n) is 1.92. The summed E-state index contributed by atoms with van der Waals surface area (Å²) in [7, 11) is 1.82. The van der Waals surface area contributed by atoms with E-state index in [1.807, 2.05) is 20.0 Å². The Morgan fingerprint density at radius 3 is 2.95 bits per heavy atom. The molecule has 2 N–H and O–H groups in total. The number of nitrogens with one attached hydrogen (secondary N) is 2. The van der Waals surface area contributed by atoms with Crippen molar-refractivity contribution >= 4 is 23.2 Å². The van der Waals surface area contributed by atoms with Crippen LogP contribution >= 0.6 is 11.6 Å². The Bertz CT molecular complexity index is 583. The number of nitrogens with zero attached hydrogens (tertiary/aromatic N) is 2. The van der Waals surface area contributed by atoms with Crippen LogP contribution in [0.2, 0.25) is 5.02 Å². The highest BCUT2D eigenvalue weighted by atomic mass is 35.5. The van der Waals surface area contributed by atoms with Crippen molar-refractivity contribution in [2.24, 2.45) is 5.92 Å². The van der Waals surface area contributed by atoms with Crippen LogP contribution in [-0.2, 0) is 4.79 Å². The molecule has 6 heteroatoms. The molecule has 0 saturated carbocycles. The minimum Gasteiger partial charge on any atom is -0.324 e. The Labute approximate surface area is 123 Å². The summed E-state index contributed by atoms with van der Waals surface area (Å²) in [6.45, 7) is 2.49. The maximum Gasteiger partial charge on any atom is 0.228 e. The molecule has 1 unspecified atom stereocenters. The minimum atomic E-state index is -0.130. The van der Waals surface area contributed by atoms with Gasteiger partial charge in [0.2, 0.25) is 5.91 Å². The van der Waals surface area contributed by atoms with Crippen molar-refractivity contribution in [3.63, 3.8) is 0 Å². The molecule has 1 amide bonds. The van der Waals surface area contributed by atoms with Gasteiger partial charge in [-0.3, -0.25) is 4.79 Å². The maximum absolute atomic E-state index is 12.1. The molecule has 0 aliphatic carbocycles. The highest BCUT2D eigenvalue weighted by Gasteiger charge is 2.15. The van der Waals surface area contributed by atoms with E-state index in [9.17, 15) is 4.79 Å². The number of aromatic nitrogens is 2. The van der Waals surface area contributed by atoms with Gasteiger partial charge >= 0.3 is 0 Å². The predicted molar refractivity (Wildman–Crippen MR) is 80.3 cm³/mol. The van der Waals surface area contributed by atoms with Gasteiger partial charge in [0.1, 0.15) is 0 Å². The van der Waals surface area contributed by atoms with Gasteiger partial charge in [-0.15, -0.1) is 0 Å². The second-order valence-corrected chi connectivity index (χ2v) is 4.96. The number of halogens is 1. The van der Waals surface area contributed by atoms with E-state index >= 15 is 0 Å². The number of hydrogen-bond donors (Lipinski definition) is 2. The number of hydrogen-bond acceptors (Lipinski definition) is 3. The van der Waals surface area contributed by atoms with E-state index < -0.39 is 0 Å². The van der Waals surface area contributed by atoms with Gasteiger partial charge < -0.3 is 15.2 Å². The van der Waals surface area contributed by atoms with E-state index in [0.29, 0.717) is 17.3 Å². The number of imidazole rings is 1. The van der Waals surface area contributed by atoms with Gasteiger partial charge in [-0.2, -0.15) is 0 Å². The first-order valence-corrected chi connectivity index (χ1v) is 6.73. The van der Waals surface area contributed by atoms with Gasteiger partial charge in [0, 0.05) is 24.9 Å². The van der Waals surface area contributed by atoms with E-state index in [2.05, 4.69) is 15.6 Å². The average Bonchev–Trinajstić information content (AvgIpc) is 2.92. The second-order valence-electron chi connectivity index (χ2n) is 4.55. The number of amides is 1. The summed E-state index contributed by atoms with van der Waals surface area (Å²) in [5.41, 5.74) is 1.39. The van der Waals surface area contributed by atoms with Gasteiger partial charge in [-0.1, -0.05) is 24.6 Å². The molecule has 0 fully saturated rings. The van der Waals surface area contributed by atoms with Gasteiger partial charge in [0.15, 0.2) is 0 Å². The number of carbonyl (C=O) groups excluding carboxylic acids is 1. The molecule has 106 valence electrons. The first kappa shape index (κ1) is 14.6. The number of para-hydroxylation sites is 1. The van der Waals surface area contributed by atoms with E-state index in [1.165, 1.54) is 0 Å². The van der Waals surface area contributed by atoms with Crippen LogP contribution in [0, 0.1) is 5.92 Å². The largest absolute Gasteiger partial charge is 0.324 e. The Morgan fingerprint density at radius 2 is 2.30 bits per heavy atom. The van der Waals surface area contributed by atoms with Gasteiger partial charge in [-0.25, -0.2) is 4.98 Å². The highest BCUT2D eigenvalue weighted by molar-refractivity contribution is 6.33. The van der Waals surface area contributed by atoms with Crippen LogP contribution in [0.4, 0.5) is 5.69 Å². The van der Waals surface area contributed by atoms with Crippen LogP contribution in [-0.4, -0.2) is 29.1 Å². The van der Waals surface area contributed by atoms with Gasteiger partial charge in [0.25, 0.3) is 0 Å². The van der Waals surface area contributed by atoms with E-state index in [-0.39, 0.29) is 11.8 Å². The smallest absolute Gasteiger partial charge is 0.228 e. The Balaban J connectivity index is 2.29. The molecule has 20 heavy (non-hydrogen) atoms. The molecular formula is C14H17ClN4O. The number of benzene rings is 1. The summed E-state index contributed by atoms with van der Waals surface area (Å²) in [6.07, 6.45) is 5.10. The van der Waals surface area contributed by atoms with E-state index in [1.54, 1.807) is 35.4 Å². The molecule has 0 spiro atoms. The molecule has 0 bridgehead atoms. The molecule has 1 heterocycles. The third-order valence-corrected chi connectivity index (χ3v) is 3.27. The number of rotatable bonds is 5. The van der Waals surface area contributed by atoms with Crippen LogP contribution in [0.15, 0.2) is 36.9 Å². The zero-order valence-electron chi connectivity index (χ0n) is 11.4. The summed E-state index contributed by atoms with van der Waals surface area (Å²) < 4.78 is 1.78. The summed E-state index contributed by atoms with van der Waals surface area (Å²) in [5, 5.41) is 6.46. The van der Waals surface area contributed by atoms with E-state index in [0.717, 1.165) is 5.69 Å². The molecule has 5 nitrogen and oxygen atoms in total. The molecule has 2 aromatic rings. The fraction of sp³-hybridized carbons (Fsp3) is 0.286. The summed E-state index contributed by atoms with van der Waals surface area (Å²) in [6, 6.07) is 5.41. The molecule has 0 saturated heterocycles. The normalized spacial score (nSPS) is 12.2. The third-order valence-electron chi connectivity index (χ3n) is 2.97. The second kappa shape index (κ2) is 6.54. The van der Waals surface area contributed by atoms with Gasteiger partial charge in [-0.05, 0) is 19.2 Å². The maximum atomic E-state index is 12.1. The lowest BCUT2D eigenvalue weighted by Gasteiger charge is -2.16. The summed E-state index contributed by atoms with van der Waals surface area (Å²) in [5.74, 6) is -0.183. The molecule has 0 aliphatic heterocycles. The lowest BCUT2D eigenvalue weighted by Crippen LogP contribution is -2.29. The highest BCUT2D eigenvalue weighted by Crippen LogP contribution is 2.28. The monoisotopic (exact) mass is 292 g/mol. The Kier molecular flexibility index (Phi) is 4.76. The molecule has 0 radical (unpaired) electrons. The van der Waals surface area contributed by atoms with Crippen molar-refractivity contribution in [1.82, 2.24) is 14.9 Å². The quantitative estimate of drug-likeness (QED) is 0.889. The zero-order valence-corrected chi connectivity index (χ0v) is 12.2. The molecule has 0 aliphatic rings. The van der Waals surface area contributed by atoms with Crippen molar-refractivity contribution in [3.8, 4) is 5.69 Å². The van der Waals surface area contributed by atoms with Crippen LogP contribution in [0.1, 0.15) is 6.92 Å². The zero-order chi connectivity index (χ0) is 14.5. The van der Waals surface area contributed by atoms with Crippen LogP contribution < -0.4 is 10.6 Å². The standard InChI is InChI=1S/C14H17ClN4O/c1-10(8-16-2)14(20)18-12-5-3-4-11(15)13(12)19-7-6-17-9-19/h3-7,9-10,16H,8H2,1-2H3,(H,18,20). The van der Waals surface area contributed by atoms with Crippen LogP contribution in [0.5, 0.6) is 0 Å². The topological polar surface area (TPSA) is 59.0 Å². The SMILES string of the molecule is CNCC(C)C(=O)Nc1cccc(Cl)c1-n1ccnc1. The first-order valence-electron chi connectivity index (χ1n) is 6.35. The van der Waals surface area contributed by atoms with E-state index in [4.69, 9.17) is 11.6 Å². The Hall–Kier alpha value is -1.85. The van der Waals surface area contributed by atoms with Crippen molar-refractivity contribution in [2.45, 2.75) is 6.92 Å². The molecule has 2 rings (SSSR count). The third kappa shape index (κ3) is 3.18. The van der Waals surface area contributed by atoms with Gasteiger partial charge in [0.05, 0.1) is 22.7 Å². The number of carbonyl (C=O) groups is 1. The van der Waals surface area contributed by atoms with Crippen molar-refractivity contribution in [2.75, 3.05) is 18.9 Å². The lowest BCUT2D eigenvalue weighted by atomic mass is 10.1. The van der Waals surface area contributed by atoms with Crippen molar-refractivity contribution in [1.29, 1.82) is 0 Å². The summed E-state index contributed by atoms with van der Waals surface area (Å²) in [4.78, 5) is 16.1. The Morgan fingerprint density at radius 1 is 1.50 bits per heavy atom. The predicted octanol–water partition coefficient (Wildman–Crippen LogP) is 2.32. The lowest BCUT2D eigenvalue weighted by molar-refractivity contribution is -0.119. The van der Waals surface area contributed by atoms with Crippen molar-refractivity contribution < 1.29 is 4.79 Å². The summed E-state index contributed by atoms with van der Waals surface area (Å²) >= 11 is 6.23. The molecular weight excluding hydrogens is 276 g/mol. The molecule has 1 aromatic carbocycles. The first-order chi connectivity index (χ1) is 9.63.